The standard InChI is InChI=1S/C24H29F2N3O7/c1-3-12(4-2)22(33)28-17-18(29-10-13-7-5-6-8-14(13)15(29)9-27)21(25)24(26,23(34)35)36-20(17)19(32)16(31)11-30/h5-8,10,12,16-21,30-32H,3-4,11H2,1-2H3,(H,28,33)(H,34,35)/t16-,17-,18-,19-,20-,21?,24?/m1/s1. The van der Waals surface area contributed by atoms with Gasteiger partial charge >= 0.3 is 11.8 Å². The molecule has 1 saturated heterocycles. The molecule has 1 fully saturated rings. The molecule has 1 aliphatic heterocycles. The number of benzene rings is 1. The van der Waals surface area contributed by atoms with Crippen LogP contribution in [0.3, 0.4) is 0 Å². The zero-order valence-electron chi connectivity index (χ0n) is 19.7. The number of aliphatic hydroxyl groups is 3. The number of carboxylic acids is 1. The minimum atomic E-state index is -4.01. The molecule has 196 valence electrons. The Balaban J connectivity index is 2.26. The van der Waals surface area contributed by atoms with Crippen molar-refractivity contribution in [3.63, 3.8) is 0 Å². The summed E-state index contributed by atoms with van der Waals surface area (Å²) < 4.78 is 37.5. The molecule has 36 heavy (non-hydrogen) atoms. The lowest BCUT2D eigenvalue weighted by atomic mass is 9.85. The molecule has 10 nitrogen and oxygen atoms in total. The second-order valence-electron chi connectivity index (χ2n) is 8.80. The van der Waals surface area contributed by atoms with Gasteiger partial charge in [0, 0.05) is 22.9 Å². The van der Waals surface area contributed by atoms with Crippen LogP contribution in [0, 0.1) is 17.2 Å². The summed E-state index contributed by atoms with van der Waals surface area (Å²) in [4.78, 5) is 24.9. The van der Waals surface area contributed by atoms with Gasteiger partial charge in [-0.1, -0.05) is 38.1 Å². The average Bonchev–Trinajstić information content (AvgIpc) is 3.24. The van der Waals surface area contributed by atoms with Crippen molar-refractivity contribution in [2.75, 3.05) is 6.61 Å². The van der Waals surface area contributed by atoms with Gasteiger partial charge in [-0.25, -0.2) is 9.18 Å². The van der Waals surface area contributed by atoms with Crippen LogP contribution in [-0.4, -0.2) is 79.9 Å². The topological polar surface area (TPSA) is 165 Å². The summed E-state index contributed by atoms with van der Waals surface area (Å²) in [6.45, 7) is 2.47. The molecular weight excluding hydrogens is 480 g/mol. The monoisotopic (exact) mass is 509 g/mol. The van der Waals surface area contributed by atoms with Gasteiger partial charge in [0.25, 0.3) is 0 Å². The third-order valence-electron chi connectivity index (χ3n) is 6.74. The molecule has 0 aliphatic carbocycles. The van der Waals surface area contributed by atoms with Gasteiger partial charge in [-0.15, -0.1) is 0 Å². The predicted molar refractivity (Wildman–Crippen MR) is 122 cm³/mol. The lowest BCUT2D eigenvalue weighted by Crippen LogP contribution is -2.69. The minimum Gasteiger partial charge on any atom is -0.477 e. The van der Waals surface area contributed by atoms with Crippen molar-refractivity contribution < 1.29 is 43.5 Å². The lowest BCUT2D eigenvalue weighted by Gasteiger charge is -2.48. The highest BCUT2D eigenvalue weighted by molar-refractivity contribution is 5.88. The fourth-order valence-electron chi connectivity index (χ4n) is 4.66. The molecule has 1 aromatic carbocycles. The summed E-state index contributed by atoms with van der Waals surface area (Å²) in [5.41, 5.74) is -0.134. The van der Waals surface area contributed by atoms with Gasteiger partial charge in [-0.2, -0.15) is 9.65 Å². The van der Waals surface area contributed by atoms with E-state index in [2.05, 4.69) is 5.32 Å². The zero-order valence-corrected chi connectivity index (χ0v) is 19.7. The highest BCUT2D eigenvalue weighted by Crippen LogP contribution is 2.43. The van der Waals surface area contributed by atoms with Crippen molar-refractivity contribution in [1.82, 2.24) is 9.88 Å². The van der Waals surface area contributed by atoms with E-state index in [4.69, 9.17) is 4.74 Å². The van der Waals surface area contributed by atoms with E-state index in [1.54, 1.807) is 38.1 Å². The van der Waals surface area contributed by atoms with Gasteiger partial charge in [-0.3, -0.25) is 4.79 Å². The van der Waals surface area contributed by atoms with Gasteiger partial charge in [0.15, 0.2) is 6.17 Å². The van der Waals surface area contributed by atoms with Crippen molar-refractivity contribution in [2.45, 2.75) is 69.1 Å². The van der Waals surface area contributed by atoms with E-state index in [0.29, 0.717) is 23.6 Å². The zero-order chi connectivity index (χ0) is 26.8. The van der Waals surface area contributed by atoms with E-state index in [-0.39, 0.29) is 5.69 Å². The highest BCUT2D eigenvalue weighted by atomic mass is 19.2. The van der Waals surface area contributed by atoms with Crippen molar-refractivity contribution in [3.8, 4) is 6.07 Å². The van der Waals surface area contributed by atoms with E-state index >= 15 is 8.78 Å². The average molecular weight is 510 g/mol. The Kier molecular flexibility index (Phi) is 8.30. The number of amides is 1. The highest BCUT2D eigenvalue weighted by Gasteiger charge is 2.64. The van der Waals surface area contributed by atoms with Gasteiger partial charge < -0.3 is 35.0 Å². The minimum absolute atomic E-state index is 0.134. The summed E-state index contributed by atoms with van der Waals surface area (Å²) in [5, 5.41) is 52.8. The Labute approximate surface area is 205 Å². The maximum atomic E-state index is 15.9. The van der Waals surface area contributed by atoms with Crippen molar-refractivity contribution in [2.24, 2.45) is 5.92 Å². The molecule has 0 radical (unpaired) electrons. The number of carboxylic acid groups (broad SMARTS) is 1. The van der Waals surface area contributed by atoms with Crippen LogP contribution in [0.5, 0.6) is 0 Å². The quantitative estimate of drug-likeness (QED) is 0.336. The molecule has 2 aromatic rings. The number of carbonyl (C=O) groups excluding carboxylic acids is 1. The number of ether oxygens (including phenoxy) is 1. The van der Waals surface area contributed by atoms with Crippen LogP contribution in [0.1, 0.15) is 38.4 Å². The Morgan fingerprint density at radius 3 is 2.47 bits per heavy atom. The summed E-state index contributed by atoms with van der Waals surface area (Å²) in [7, 11) is 0. The van der Waals surface area contributed by atoms with Crippen LogP contribution in [-0.2, 0) is 14.3 Å². The molecule has 3 rings (SSSR count). The first kappa shape index (κ1) is 27.5. The second kappa shape index (κ2) is 10.9. The molecule has 2 unspecified atom stereocenters. The summed E-state index contributed by atoms with van der Waals surface area (Å²) in [6, 6.07) is 4.84. The molecule has 0 spiro atoms. The van der Waals surface area contributed by atoms with Gasteiger partial charge in [-0.05, 0) is 12.8 Å². The van der Waals surface area contributed by atoms with E-state index in [1.807, 2.05) is 6.07 Å². The van der Waals surface area contributed by atoms with Crippen molar-refractivity contribution in [1.29, 1.82) is 5.26 Å². The number of carbonyl (C=O) groups is 2. The molecule has 0 bridgehead atoms. The smallest absolute Gasteiger partial charge is 0.372 e. The Hall–Kier alpha value is -3.11. The lowest BCUT2D eigenvalue weighted by molar-refractivity contribution is -0.282. The largest absolute Gasteiger partial charge is 0.477 e. The Morgan fingerprint density at radius 2 is 1.92 bits per heavy atom. The number of rotatable bonds is 9. The van der Waals surface area contributed by atoms with Crippen LogP contribution in [0.25, 0.3) is 10.8 Å². The van der Waals surface area contributed by atoms with Crippen LogP contribution in [0.2, 0.25) is 0 Å². The number of aromatic nitrogens is 1. The summed E-state index contributed by atoms with van der Waals surface area (Å²) in [5.74, 6) is -7.50. The maximum absolute atomic E-state index is 15.9. The van der Waals surface area contributed by atoms with E-state index in [0.717, 1.165) is 4.57 Å². The van der Waals surface area contributed by atoms with E-state index in [1.165, 1.54) is 6.20 Å². The predicted octanol–water partition coefficient (Wildman–Crippen LogP) is 1.18. The second-order valence-corrected chi connectivity index (χ2v) is 8.80. The number of nitriles is 1. The molecular formula is C24H29F2N3O7. The first-order valence-electron chi connectivity index (χ1n) is 11.6. The number of hydrogen-bond acceptors (Lipinski definition) is 7. The van der Waals surface area contributed by atoms with Crippen molar-refractivity contribution >= 4 is 22.6 Å². The third kappa shape index (κ3) is 4.67. The third-order valence-corrected chi connectivity index (χ3v) is 6.74. The molecule has 12 heteroatoms. The van der Waals surface area contributed by atoms with Crippen LogP contribution >= 0.6 is 0 Å². The number of nitrogens with zero attached hydrogens (tertiary/aromatic N) is 2. The molecule has 0 saturated carbocycles. The van der Waals surface area contributed by atoms with Crippen LogP contribution < -0.4 is 5.32 Å². The maximum Gasteiger partial charge on any atom is 0.372 e. The summed E-state index contributed by atoms with van der Waals surface area (Å²) in [6.07, 6.45) is -6.91. The van der Waals surface area contributed by atoms with Gasteiger partial charge in [0.2, 0.25) is 5.91 Å². The summed E-state index contributed by atoms with van der Waals surface area (Å²) >= 11 is 0. The molecule has 2 heterocycles. The Bertz CT molecular complexity index is 1150. The molecule has 1 aliphatic rings. The Morgan fingerprint density at radius 1 is 1.28 bits per heavy atom. The van der Waals surface area contributed by atoms with E-state index < -0.39 is 66.8 Å². The number of nitrogens with one attached hydrogen (secondary N) is 1. The number of halogens is 2. The molecule has 1 amide bonds. The number of aliphatic carboxylic acids is 1. The molecule has 7 atom stereocenters. The van der Waals surface area contributed by atoms with Gasteiger partial charge in [0.1, 0.15) is 30.1 Å². The van der Waals surface area contributed by atoms with Crippen LogP contribution in [0.4, 0.5) is 8.78 Å². The normalized spacial score (nSPS) is 28.0. The SMILES string of the molecule is CCC(CC)C(=O)N[C@H]1[C@H]([C@H](O)[C@H](O)CO)OC(F)(C(=O)O)C(F)[C@@H]1n1cc2ccccc2c1C#N. The number of fused-ring (bicyclic) bond motifs is 1. The fraction of sp³-hybridized carbons (Fsp3) is 0.542. The number of hydrogen-bond donors (Lipinski definition) is 5. The first-order valence-corrected chi connectivity index (χ1v) is 11.6. The van der Waals surface area contributed by atoms with E-state index in [9.17, 15) is 35.3 Å². The number of aliphatic hydroxyl groups excluding tert-OH is 3. The van der Waals surface area contributed by atoms with Gasteiger partial charge in [0.05, 0.1) is 18.7 Å². The van der Waals surface area contributed by atoms with Crippen molar-refractivity contribution in [3.05, 3.63) is 36.2 Å². The fourth-order valence-corrected chi connectivity index (χ4v) is 4.66. The number of alkyl halides is 2. The molecule has 5 N–H and O–H groups in total. The molecule has 1 aromatic heterocycles. The first-order chi connectivity index (χ1) is 17.0. The van der Waals surface area contributed by atoms with Crippen LogP contribution in [0.15, 0.2) is 30.5 Å².